The number of hydrogen-bond donors (Lipinski definition) is 0. The first-order valence-electron chi connectivity index (χ1n) is 7.61. The Morgan fingerprint density at radius 2 is 1.80 bits per heavy atom. The summed E-state index contributed by atoms with van der Waals surface area (Å²) in [5.74, 6) is 0.720. The van der Waals surface area contributed by atoms with Crippen LogP contribution in [0.15, 0.2) is 24.3 Å². The molecular weight excluding hydrogens is 248 g/mol. The van der Waals surface area contributed by atoms with Gasteiger partial charge in [-0.05, 0) is 35.4 Å². The minimum atomic E-state index is -0.0992. The Hall–Kier alpha value is -1.12. The third-order valence-electron chi connectivity index (χ3n) is 4.81. The molecule has 3 rings (SSSR count). The topological polar surface area (TPSA) is 18.5 Å². The van der Waals surface area contributed by atoms with E-state index in [0.29, 0.717) is 13.2 Å². The smallest absolute Gasteiger partial charge is 0.0616 e. The predicted molar refractivity (Wildman–Crippen MR) is 82.1 cm³/mol. The van der Waals surface area contributed by atoms with Crippen LogP contribution in [-0.2, 0) is 14.9 Å². The molecule has 2 aliphatic carbocycles. The Morgan fingerprint density at radius 3 is 2.45 bits per heavy atom. The van der Waals surface area contributed by atoms with E-state index in [1.807, 2.05) is 0 Å². The fourth-order valence-electron chi connectivity index (χ4n) is 4.01. The fraction of sp³-hybridized carbons (Fsp3) is 0.556. The standard InChI is InChI=1S/C18H24O2/c1-19-12-18(13-20-2)11-10-15-8-5-9-16(17(15)18)14-6-3-4-7-14/h5,8-11,14H,3-4,6-7,12-13H2,1-2H3. The molecule has 1 fully saturated rings. The van der Waals surface area contributed by atoms with Crippen LogP contribution in [0.3, 0.4) is 0 Å². The van der Waals surface area contributed by atoms with Crippen LogP contribution in [0.2, 0.25) is 0 Å². The van der Waals surface area contributed by atoms with E-state index >= 15 is 0 Å². The molecule has 0 radical (unpaired) electrons. The molecule has 20 heavy (non-hydrogen) atoms. The van der Waals surface area contributed by atoms with Gasteiger partial charge in [-0.15, -0.1) is 0 Å². The Kier molecular flexibility index (Phi) is 3.95. The van der Waals surface area contributed by atoms with Crippen LogP contribution in [0.4, 0.5) is 0 Å². The molecular formula is C18H24O2. The maximum atomic E-state index is 5.52. The van der Waals surface area contributed by atoms with Crippen molar-refractivity contribution in [1.82, 2.24) is 0 Å². The summed E-state index contributed by atoms with van der Waals surface area (Å²) in [6, 6.07) is 6.74. The van der Waals surface area contributed by atoms with Crippen molar-refractivity contribution in [1.29, 1.82) is 0 Å². The van der Waals surface area contributed by atoms with E-state index in [1.165, 1.54) is 42.4 Å². The molecule has 2 heteroatoms. The molecule has 0 aromatic heterocycles. The quantitative estimate of drug-likeness (QED) is 0.809. The summed E-state index contributed by atoms with van der Waals surface area (Å²) < 4.78 is 11.0. The highest BCUT2D eigenvalue weighted by molar-refractivity contribution is 5.68. The molecule has 0 spiro atoms. The highest BCUT2D eigenvalue weighted by atomic mass is 16.5. The second-order valence-corrected chi connectivity index (χ2v) is 6.15. The van der Waals surface area contributed by atoms with E-state index in [2.05, 4.69) is 30.4 Å². The van der Waals surface area contributed by atoms with Crippen LogP contribution < -0.4 is 0 Å². The summed E-state index contributed by atoms with van der Waals surface area (Å²) in [5, 5.41) is 0. The SMILES string of the molecule is COCC1(COC)C=Cc2cccc(C3CCCC3)c21. The maximum absolute atomic E-state index is 5.52. The summed E-state index contributed by atoms with van der Waals surface area (Å²) in [7, 11) is 3.56. The van der Waals surface area contributed by atoms with Crippen molar-refractivity contribution in [3.8, 4) is 0 Å². The van der Waals surface area contributed by atoms with Gasteiger partial charge in [0.15, 0.2) is 0 Å². The molecule has 0 atom stereocenters. The van der Waals surface area contributed by atoms with Crippen molar-refractivity contribution in [3.05, 3.63) is 41.0 Å². The predicted octanol–water partition coefficient (Wildman–Crippen LogP) is 3.90. The Morgan fingerprint density at radius 1 is 1.10 bits per heavy atom. The summed E-state index contributed by atoms with van der Waals surface area (Å²) in [6.45, 7) is 1.38. The van der Waals surface area contributed by atoms with Gasteiger partial charge in [0.05, 0.1) is 18.6 Å². The van der Waals surface area contributed by atoms with Gasteiger partial charge in [-0.3, -0.25) is 0 Å². The number of rotatable bonds is 5. The van der Waals surface area contributed by atoms with Crippen molar-refractivity contribution >= 4 is 6.08 Å². The Balaban J connectivity index is 2.06. The number of fused-ring (bicyclic) bond motifs is 1. The van der Waals surface area contributed by atoms with Gasteiger partial charge in [0, 0.05) is 14.2 Å². The first-order chi connectivity index (χ1) is 9.80. The molecule has 0 bridgehead atoms. The molecule has 0 N–H and O–H groups in total. The normalized spacial score (nSPS) is 20.5. The average molecular weight is 272 g/mol. The fourth-order valence-corrected chi connectivity index (χ4v) is 4.01. The molecule has 0 saturated heterocycles. The lowest BCUT2D eigenvalue weighted by Gasteiger charge is -2.31. The van der Waals surface area contributed by atoms with Gasteiger partial charge in [0.25, 0.3) is 0 Å². The van der Waals surface area contributed by atoms with Crippen LogP contribution in [-0.4, -0.2) is 27.4 Å². The summed E-state index contributed by atoms with van der Waals surface area (Å²) in [5.41, 5.74) is 4.23. The third-order valence-corrected chi connectivity index (χ3v) is 4.81. The first-order valence-corrected chi connectivity index (χ1v) is 7.61. The molecule has 2 nitrogen and oxygen atoms in total. The van der Waals surface area contributed by atoms with E-state index in [1.54, 1.807) is 14.2 Å². The second-order valence-electron chi connectivity index (χ2n) is 6.15. The molecule has 0 heterocycles. The van der Waals surface area contributed by atoms with Crippen molar-refractivity contribution in [3.63, 3.8) is 0 Å². The number of ether oxygens (including phenoxy) is 2. The minimum absolute atomic E-state index is 0.0992. The van der Waals surface area contributed by atoms with Crippen molar-refractivity contribution in [2.75, 3.05) is 27.4 Å². The molecule has 0 unspecified atom stereocenters. The molecule has 0 aliphatic heterocycles. The lowest BCUT2D eigenvalue weighted by Crippen LogP contribution is -2.34. The van der Waals surface area contributed by atoms with Gasteiger partial charge in [0.1, 0.15) is 0 Å². The first kappa shape index (κ1) is 13.8. The van der Waals surface area contributed by atoms with Gasteiger partial charge in [-0.2, -0.15) is 0 Å². The summed E-state index contributed by atoms with van der Waals surface area (Å²) in [4.78, 5) is 0. The second kappa shape index (κ2) is 5.71. The van der Waals surface area contributed by atoms with E-state index in [-0.39, 0.29) is 5.41 Å². The molecule has 1 aromatic carbocycles. The lowest BCUT2D eigenvalue weighted by atomic mass is 9.77. The van der Waals surface area contributed by atoms with Crippen LogP contribution in [0.25, 0.3) is 6.08 Å². The highest BCUT2D eigenvalue weighted by Gasteiger charge is 2.38. The van der Waals surface area contributed by atoms with Gasteiger partial charge >= 0.3 is 0 Å². The molecule has 1 saturated carbocycles. The average Bonchev–Trinajstić information content (AvgIpc) is 3.09. The maximum Gasteiger partial charge on any atom is 0.0616 e. The van der Waals surface area contributed by atoms with E-state index < -0.39 is 0 Å². The monoisotopic (exact) mass is 272 g/mol. The third kappa shape index (κ3) is 2.21. The molecule has 0 amide bonds. The number of benzene rings is 1. The lowest BCUT2D eigenvalue weighted by molar-refractivity contribution is 0.0839. The zero-order chi connectivity index (χ0) is 14.0. The minimum Gasteiger partial charge on any atom is -0.383 e. The van der Waals surface area contributed by atoms with Gasteiger partial charge < -0.3 is 9.47 Å². The van der Waals surface area contributed by atoms with Crippen molar-refractivity contribution in [2.24, 2.45) is 0 Å². The summed E-state index contributed by atoms with van der Waals surface area (Å²) >= 11 is 0. The van der Waals surface area contributed by atoms with Gasteiger partial charge in [-0.25, -0.2) is 0 Å². The Bertz CT molecular complexity index is 492. The van der Waals surface area contributed by atoms with E-state index in [0.717, 1.165) is 5.92 Å². The van der Waals surface area contributed by atoms with E-state index in [4.69, 9.17) is 9.47 Å². The Labute approximate surface area is 121 Å². The van der Waals surface area contributed by atoms with Gasteiger partial charge in [0.2, 0.25) is 0 Å². The van der Waals surface area contributed by atoms with E-state index in [9.17, 15) is 0 Å². The molecule has 108 valence electrons. The van der Waals surface area contributed by atoms with Crippen molar-refractivity contribution < 1.29 is 9.47 Å². The zero-order valence-electron chi connectivity index (χ0n) is 12.5. The summed E-state index contributed by atoms with van der Waals surface area (Å²) in [6.07, 6.45) is 9.90. The van der Waals surface area contributed by atoms with Gasteiger partial charge in [-0.1, -0.05) is 43.2 Å². The van der Waals surface area contributed by atoms with Crippen LogP contribution >= 0.6 is 0 Å². The molecule has 1 aromatic rings. The van der Waals surface area contributed by atoms with Crippen LogP contribution in [0.5, 0.6) is 0 Å². The number of methoxy groups -OCH3 is 2. The zero-order valence-corrected chi connectivity index (χ0v) is 12.5. The van der Waals surface area contributed by atoms with Crippen molar-refractivity contribution in [2.45, 2.75) is 37.0 Å². The highest BCUT2D eigenvalue weighted by Crippen LogP contribution is 2.45. The largest absolute Gasteiger partial charge is 0.383 e. The van der Waals surface area contributed by atoms with Crippen LogP contribution in [0, 0.1) is 0 Å². The molecule has 2 aliphatic rings. The van der Waals surface area contributed by atoms with Crippen LogP contribution in [0.1, 0.15) is 48.3 Å². The number of hydrogen-bond acceptors (Lipinski definition) is 2.